The Morgan fingerprint density at radius 2 is 2.25 bits per heavy atom. The van der Waals surface area contributed by atoms with Crippen molar-refractivity contribution in [3.8, 4) is 0 Å². The first-order valence-corrected chi connectivity index (χ1v) is 7.51. The van der Waals surface area contributed by atoms with Gasteiger partial charge in [-0.2, -0.15) is 0 Å². The number of nitrogens with zero attached hydrogens (tertiary/aromatic N) is 2. The van der Waals surface area contributed by atoms with Crippen LogP contribution in [0.3, 0.4) is 0 Å². The van der Waals surface area contributed by atoms with Crippen molar-refractivity contribution in [1.29, 1.82) is 0 Å². The van der Waals surface area contributed by atoms with Gasteiger partial charge in [-0.15, -0.1) is 11.8 Å². The Bertz CT molecular complexity index is 417. The van der Waals surface area contributed by atoms with E-state index in [1.165, 1.54) is 23.8 Å². The molecule has 1 amide bonds. The number of ether oxygens (including phenoxy) is 1. The molecule has 0 aliphatic carbocycles. The highest BCUT2D eigenvalue weighted by molar-refractivity contribution is 7.99. The Hall–Kier alpha value is -1.05. The SMILES string of the molecule is COCC(O)CN(C)C(=O)CSCc1c(C)noc1C. The molecule has 0 aliphatic heterocycles. The van der Waals surface area contributed by atoms with Crippen LogP contribution >= 0.6 is 11.8 Å². The minimum absolute atomic E-state index is 0.0167. The number of carbonyl (C=O) groups excluding carboxylic acids is 1. The second-order valence-electron chi connectivity index (χ2n) is 4.68. The molecular formula is C13H22N2O4S. The summed E-state index contributed by atoms with van der Waals surface area (Å²) in [6.07, 6.45) is -0.651. The Labute approximate surface area is 123 Å². The molecule has 0 radical (unpaired) electrons. The van der Waals surface area contributed by atoms with Crippen LogP contribution in [0.15, 0.2) is 4.52 Å². The van der Waals surface area contributed by atoms with Crippen molar-refractivity contribution in [1.82, 2.24) is 10.1 Å². The van der Waals surface area contributed by atoms with E-state index in [1.54, 1.807) is 7.05 Å². The summed E-state index contributed by atoms with van der Waals surface area (Å²) in [4.78, 5) is 13.4. The first kappa shape index (κ1) is 17.0. The van der Waals surface area contributed by atoms with E-state index in [0.717, 1.165) is 17.0 Å². The molecule has 1 atom stereocenters. The molecule has 0 saturated heterocycles. The number of hydrogen-bond donors (Lipinski definition) is 1. The average Bonchev–Trinajstić information content (AvgIpc) is 2.70. The molecule has 114 valence electrons. The Morgan fingerprint density at radius 3 is 2.80 bits per heavy atom. The number of aromatic nitrogens is 1. The maximum absolute atomic E-state index is 11.9. The van der Waals surface area contributed by atoms with Gasteiger partial charge in [0.15, 0.2) is 0 Å². The second-order valence-corrected chi connectivity index (χ2v) is 5.66. The highest BCUT2D eigenvalue weighted by atomic mass is 32.2. The summed E-state index contributed by atoms with van der Waals surface area (Å²) < 4.78 is 9.90. The van der Waals surface area contributed by atoms with E-state index in [-0.39, 0.29) is 19.1 Å². The van der Waals surface area contributed by atoms with Gasteiger partial charge in [0.25, 0.3) is 0 Å². The molecule has 0 spiro atoms. The van der Waals surface area contributed by atoms with E-state index >= 15 is 0 Å². The summed E-state index contributed by atoms with van der Waals surface area (Å²) in [6, 6.07) is 0. The lowest BCUT2D eigenvalue weighted by Gasteiger charge is -2.20. The maximum atomic E-state index is 11.9. The summed E-state index contributed by atoms with van der Waals surface area (Å²) >= 11 is 1.51. The zero-order chi connectivity index (χ0) is 15.1. The largest absolute Gasteiger partial charge is 0.389 e. The number of methoxy groups -OCH3 is 1. The third kappa shape index (κ3) is 5.15. The monoisotopic (exact) mass is 302 g/mol. The van der Waals surface area contributed by atoms with Crippen molar-refractivity contribution in [2.45, 2.75) is 25.7 Å². The van der Waals surface area contributed by atoms with Crippen molar-refractivity contribution in [3.63, 3.8) is 0 Å². The Morgan fingerprint density at radius 1 is 1.55 bits per heavy atom. The molecule has 20 heavy (non-hydrogen) atoms. The highest BCUT2D eigenvalue weighted by Gasteiger charge is 2.15. The summed E-state index contributed by atoms with van der Waals surface area (Å²) in [5.41, 5.74) is 1.91. The predicted octanol–water partition coefficient (Wildman–Crippen LogP) is 0.990. The number of likely N-dealkylation sites (N-methyl/N-ethyl adjacent to an activating group) is 1. The standard InChI is InChI=1S/C13H22N2O4S/c1-9-12(10(2)19-14-9)7-20-8-13(17)15(3)5-11(16)6-18-4/h11,16H,5-8H2,1-4H3. The average molecular weight is 302 g/mol. The molecule has 1 aromatic heterocycles. The number of amides is 1. The van der Waals surface area contributed by atoms with Crippen LogP contribution in [0, 0.1) is 13.8 Å². The first-order valence-electron chi connectivity index (χ1n) is 6.36. The Balaban J connectivity index is 2.32. The van der Waals surface area contributed by atoms with Gasteiger partial charge in [0.05, 0.1) is 24.2 Å². The lowest BCUT2D eigenvalue weighted by Crippen LogP contribution is -2.37. The Kier molecular flexibility index (Phi) is 7.04. The van der Waals surface area contributed by atoms with Gasteiger partial charge < -0.3 is 19.3 Å². The molecule has 0 fully saturated rings. The van der Waals surface area contributed by atoms with Crippen LogP contribution in [0.5, 0.6) is 0 Å². The second kappa shape index (κ2) is 8.28. The minimum Gasteiger partial charge on any atom is -0.389 e. The van der Waals surface area contributed by atoms with Gasteiger partial charge in [0, 0.05) is 32.0 Å². The van der Waals surface area contributed by atoms with Gasteiger partial charge in [-0.3, -0.25) is 4.79 Å². The molecule has 7 heteroatoms. The number of rotatable bonds is 8. The van der Waals surface area contributed by atoms with Gasteiger partial charge in [0.1, 0.15) is 5.76 Å². The molecule has 1 aromatic rings. The van der Waals surface area contributed by atoms with Crippen molar-refractivity contribution in [3.05, 3.63) is 17.0 Å². The molecule has 0 bridgehead atoms. The van der Waals surface area contributed by atoms with Gasteiger partial charge in [-0.25, -0.2) is 0 Å². The topological polar surface area (TPSA) is 75.8 Å². The number of hydrogen-bond acceptors (Lipinski definition) is 6. The fraction of sp³-hybridized carbons (Fsp3) is 0.692. The van der Waals surface area contributed by atoms with Crippen LogP contribution in [0.2, 0.25) is 0 Å². The van der Waals surface area contributed by atoms with Crippen molar-refractivity contribution < 1.29 is 19.2 Å². The first-order chi connectivity index (χ1) is 9.45. The van der Waals surface area contributed by atoms with Crippen LogP contribution in [0.1, 0.15) is 17.0 Å². The maximum Gasteiger partial charge on any atom is 0.232 e. The molecule has 6 nitrogen and oxygen atoms in total. The molecule has 0 aromatic carbocycles. The van der Waals surface area contributed by atoms with Gasteiger partial charge in [-0.1, -0.05) is 5.16 Å². The molecule has 0 aliphatic rings. The van der Waals surface area contributed by atoms with E-state index in [0.29, 0.717) is 11.5 Å². The number of thioether (sulfide) groups is 1. The third-order valence-corrected chi connectivity index (χ3v) is 3.87. The summed E-state index contributed by atoms with van der Waals surface area (Å²) in [5, 5.41) is 13.4. The van der Waals surface area contributed by atoms with Crippen LogP contribution in [0.4, 0.5) is 0 Å². The van der Waals surface area contributed by atoms with Gasteiger partial charge >= 0.3 is 0 Å². The number of carbonyl (C=O) groups is 1. The van der Waals surface area contributed by atoms with Gasteiger partial charge in [0.2, 0.25) is 5.91 Å². The van der Waals surface area contributed by atoms with E-state index in [9.17, 15) is 9.90 Å². The normalized spacial score (nSPS) is 12.4. The van der Waals surface area contributed by atoms with Crippen LogP contribution in [-0.2, 0) is 15.3 Å². The van der Waals surface area contributed by atoms with Crippen LogP contribution in [0.25, 0.3) is 0 Å². The summed E-state index contributed by atoms with van der Waals surface area (Å²) in [7, 11) is 3.20. The fourth-order valence-corrected chi connectivity index (χ4v) is 2.83. The number of aryl methyl sites for hydroxylation is 2. The molecule has 1 rings (SSSR count). The third-order valence-electron chi connectivity index (χ3n) is 2.92. The zero-order valence-corrected chi connectivity index (χ0v) is 13.2. The van der Waals surface area contributed by atoms with Crippen LogP contribution < -0.4 is 0 Å². The molecular weight excluding hydrogens is 280 g/mol. The lowest BCUT2D eigenvalue weighted by atomic mass is 10.2. The van der Waals surface area contributed by atoms with Crippen molar-refractivity contribution in [2.24, 2.45) is 0 Å². The quantitative estimate of drug-likeness (QED) is 0.772. The fourth-order valence-electron chi connectivity index (χ4n) is 1.72. The van der Waals surface area contributed by atoms with Crippen LogP contribution in [-0.4, -0.2) is 60.2 Å². The minimum atomic E-state index is -0.651. The van der Waals surface area contributed by atoms with E-state index in [2.05, 4.69) is 5.16 Å². The molecule has 0 saturated carbocycles. The number of aliphatic hydroxyl groups excluding tert-OH is 1. The smallest absolute Gasteiger partial charge is 0.232 e. The van der Waals surface area contributed by atoms with E-state index < -0.39 is 6.10 Å². The summed E-state index contributed by atoms with van der Waals surface area (Å²) in [6.45, 7) is 4.26. The number of aliphatic hydroxyl groups is 1. The molecule has 1 N–H and O–H groups in total. The van der Waals surface area contributed by atoms with Gasteiger partial charge in [-0.05, 0) is 13.8 Å². The van der Waals surface area contributed by atoms with Crippen molar-refractivity contribution >= 4 is 17.7 Å². The highest BCUT2D eigenvalue weighted by Crippen LogP contribution is 2.19. The lowest BCUT2D eigenvalue weighted by molar-refractivity contribution is -0.128. The van der Waals surface area contributed by atoms with Crippen molar-refractivity contribution in [2.75, 3.05) is 33.1 Å². The molecule has 1 unspecified atom stereocenters. The zero-order valence-electron chi connectivity index (χ0n) is 12.4. The molecule has 1 heterocycles. The summed E-state index contributed by atoms with van der Waals surface area (Å²) in [5.74, 6) is 1.84. The van der Waals surface area contributed by atoms with E-state index in [4.69, 9.17) is 9.26 Å². The van der Waals surface area contributed by atoms with E-state index in [1.807, 2.05) is 13.8 Å². The predicted molar refractivity (Wildman–Crippen MR) is 77.7 cm³/mol.